The lowest BCUT2D eigenvalue weighted by Gasteiger charge is -2.31. The Morgan fingerprint density at radius 2 is 1.97 bits per heavy atom. The van der Waals surface area contributed by atoms with Gasteiger partial charge in [-0.3, -0.25) is 9.69 Å². The topological polar surface area (TPSA) is 75.4 Å². The third kappa shape index (κ3) is 4.24. The van der Waals surface area contributed by atoms with Gasteiger partial charge in [-0.25, -0.2) is 0 Å². The van der Waals surface area contributed by atoms with Crippen molar-refractivity contribution in [2.45, 2.75) is 31.9 Å². The molecule has 162 valence electrons. The zero-order valence-electron chi connectivity index (χ0n) is 17.3. The normalized spacial score (nSPS) is 18.6. The van der Waals surface area contributed by atoms with E-state index in [1.807, 2.05) is 17.0 Å². The van der Waals surface area contributed by atoms with Crippen LogP contribution in [0, 0.1) is 0 Å². The van der Waals surface area contributed by atoms with Gasteiger partial charge in [0.25, 0.3) is 0 Å². The Hall–Kier alpha value is -2.35. The van der Waals surface area contributed by atoms with Crippen LogP contribution in [-0.4, -0.2) is 62.2 Å². The molecule has 30 heavy (non-hydrogen) atoms. The second-order valence-electron chi connectivity index (χ2n) is 7.78. The van der Waals surface area contributed by atoms with E-state index in [2.05, 4.69) is 11.5 Å². The van der Waals surface area contributed by atoms with Crippen molar-refractivity contribution in [1.29, 1.82) is 0 Å². The number of aliphatic hydroxyl groups is 1. The van der Waals surface area contributed by atoms with E-state index in [0.29, 0.717) is 56.0 Å². The molecule has 2 aliphatic heterocycles. The van der Waals surface area contributed by atoms with Gasteiger partial charge in [0, 0.05) is 39.2 Å². The molecule has 0 bridgehead atoms. The Labute approximate surface area is 176 Å². The van der Waals surface area contributed by atoms with Crippen LogP contribution in [0.15, 0.2) is 40.1 Å². The van der Waals surface area contributed by atoms with Crippen LogP contribution in [0.5, 0.6) is 5.75 Å². The maximum atomic E-state index is 13.6. The van der Waals surface area contributed by atoms with Crippen molar-refractivity contribution in [2.24, 2.45) is 0 Å². The van der Waals surface area contributed by atoms with E-state index in [1.54, 1.807) is 12.1 Å². The van der Waals surface area contributed by atoms with Crippen molar-refractivity contribution in [3.05, 3.63) is 46.6 Å². The SMILES string of the molecule is C=CCc1cccc2c(=O)c(OC(CCO)N3CCCC3)c(N3CCOCC3)oc12. The smallest absolute Gasteiger partial charge is 0.243 e. The number of ether oxygens (including phenoxy) is 2. The first-order valence-corrected chi connectivity index (χ1v) is 10.8. The van der Waals surface area contributed by atoms with Gasteiger partial charge in [0.1, 0.15) is 5.58 Å². The fourth-order valence-corrected chi connectivity index (χ4v) is 4.23. The molecule has 7 heteroatoms. The largest absolute Gasteiger partial charge is 0.466 e. The highest BCUT2D eigenvalue weighted by Crippen LogP contribution is 2.33. The number of fused-ring (bicyclic) bond motifs is 1. The summed E-state index contributed by atoms with van der Waals surface area (Å²) in [7, 11) is 0. The molecular formula is C23H30N2O5. The molecule has 1 aromatic carbocycles. The summed E-state index contributed by atoms with van der Waals surface area (Å²) >= 11 is 0. The molecule has 4 rings (SSSR count). The number of hydrogen-bond acceptors (Lipinski definition) is 7. The molecule has 0 spiro atoms. The first-order chi connectivity index (χ1) is 14.7. The average Bonchev–Trinajstić information content (AvgIpc) is 3.31. The van der Waals surface area contributed by atoms with Gasteiger partial charge in [0.15, 0.2) is 6.23 Å². The van der Waals surface area contributed by atoms with Crippen molar-refractivity contribution in [3.63, 3.8) is 0 Å². The molecule has 1 aromatic heterocycles. The van der Waals surface area contributed by atoms with Crippen LogP contribution in [0.3, 0.4) is 0 Å². The van der Waals surface area contributed by atoms with Gasteiger partial charge in [-0.2, -0.15) is 0 Å². The van der Waals surface area contributed by atoms with Gasteiger partial charge in [-0.15, -0.1) is 6.58 Å². The number of hydrogen-bond donors (Lipinski definition) is 1. The predicted octanol–water partition coefficient (Wildman–Crippen LogP) is 2.54. The lowest BCUT2D eigenvalue weighted by molar-refractivity contribution is 0.0213. The van der Waals surface area contributed by atoms with E-state index in [0.717, 1.165) is 31.5 Å². The minimum absolute atomic E-state index is 0.00352. The van der Waals surface area contributed by atoms with Gasteiger partial charge < -0.3 is 23.9 Å². The van der Waals surface area contributed by atoms with E-state index >= 15 is 0 Å². The number of aliphatic hydroxyl groups excluding tert-OH is 1. The van der Waals surface area contributed by atoms with E-state index in [-0.39, 0.29) is 24.0 Å². The number of benzene rings is 1. The Balaban J connectivity index is 1.82. The molecule has 2 saturated heterocycles. The Bertz CT molecular complexity index is 929. The number of rotatable bonds is 8. The molecule has 1 unspecified atom stereocenters. The van der Waals surface area contributed by atoms with Gasteiger partial charge in [-0.05, 0) is 30.9 Å². The molecule has 2 fully saturated rings. The second kappa shape index (κ2) is 9.64. The number of nitrogens with zero attached hydrogens (tertiary/aromatic N) is 2. The zero-order chi connectivity index (χ0) is 20.9. The molecule has 1 atom stereocenters. The van der Waals surface area contributed by atoms with Crippen molar-refractivity contribution in [3.8, 4) is 5.75 Å². The number of anilines is 1. The standard InChI is InChI=1S/C23H30N2O5/c1-2-6-17-7-5-8-18-20(27)22(29-19(9-14-26)24-10-3-4-11-24)23(30-21(17)18)25-12-15-28-16-13-25/h2,5,7-8,19,26H,1,3-4,6,9-16H2. The number of allylic oxidation sites excluding steroid dienone is 1. The van der Waals surface area contributed by atoms with Crippen molar-refractivity contribution in [1.82, 2.24) is 4.90 Å². The summed E-state index contributed by atoms with van der Waals surface area (Å²) in [5.41, 5.74) is 1.33. The van der Waals surface area contributed by atoms with Crippen LogP contribution in [0.2, 0.25) is 0 Å². The fraction of sp³-hybridized carbons (Fsp3) is 0.522. The van der Waals surface area contributed by atoms with E-state index in [9.17, 15) is 9.90 Å². The maximum Gasteiger partial charge on any atom is 0.243 e. The monoisotopic (exact) mass is 414 g/mol. The molecule has 0 amide bonds. The summed E-state index contributed by atoms with van der Waals surface area (Å²) in [5, 5.41) is 10.1. The number of morpholine rings is 1. The Kier molecular flexibility index (Phi) is 6.72. The van der Waals surface area contributed by atoms with Crippen LogP contribution < -0.4 is 15.1 Å². The van der Waals surface area contributed by atoms with Gasteiger partial charge in [-0.1, -0.05) is 18.2 Å². The third-order valence-corrected chi connectivity index (χ3v) is 5.78. The predicted molar refractivity (Wildman–Crippen MR) is 116 cm³/mol. The molecular weight excluding hydrogens is 384 g/mol. The van der Waals surface area contributed by atoms with Crippen molar-refractivity contribution in [2.75, 3.05) is 50.9 Å². The van der Waals surface area contributed by atoms with Gasteiger partial charge in [0.2, 0.25) is 17.1 Å². The number of para-hydroxylation sites is 1. The van der Waals surface area contributed by atoms with Crippen LogP contribution in [0.4, 0.5) is 5.88 Å². The third-order valence-electron chi connectivity index (χ3n) is 5.78. The van der Waals surface area contributed by atoms with Gasteiger partial charge in [0.05, 0.1) is 18.6 Å². The molecule has 0 aliphatic carbocycles. The summed E-state index contributed by atoms with van der Waals surface area (Å²) in [6.45, 7) is 8.02. The number of likely N-dealkylation sites (tertiary alicyclic amines) is 1. The fourth-order valence-electron chi connectivity index (χ4n) is 4.23. The Morgan fingerprint density at radius 3 is 2.67 bits per heavy atom. The van der Waals surface area contributed by atoms with Crippen LogP contribution in [-0.2, 0) is 11.2 Å². The quantitative estimate of drug-likeness (QED) is 0.666. The second-order valence-corrected chi connectivity index (χ2v) is 7.78. The molecule has 7 nitrogen and oxygen atoms in total. The highest BCUT2D eigenvalue weighted by atomic mass is 16.5. The molecule has 1 N–H and O–H groups in total. The zero-order valence-corrected chi connectivity index (χ0v) is 17.3. The molecule has 3 heterocycles. The molecule has 2 aliphatic rings. The lowest BCUT2D eigenvalue weighted by atomic mass is 10.1. The Morgan fingerprint density at radius 1 is 1.20 bits per heavy atom. The first kappa shape index (κ1) is 20.9. The molecule has 0 radical (unpaired) electrons. The van der Waals surface area contributed by atoms with E-state index in [1.165, 1.54) is 0 Å². The minimum atomic E-state index is -0.353. The highest BCUT2D eigenvalue weighted by Gasteiger charge is 2.29. The van der Waals surface area contributed by atoms with E-state index < -0.39 is 0 Å². The van der Waals surface area contributed by atoms with Crippen molar-refractivity contribution >= 4 is 16.9 Å². The summed E-state index contributed by atoms with van der Waals surface area (Å²) in [6.07, 6.45) is 4.70. The van der Waals surface area contributed by atoms with E-state index in [4.69, 9.17) is 13.9 Å². The van der Waals surface area contributed by atoms with Crippen molar-refractivity contribution < 1.29 is 19.0 Å². The highest BCUT2D eigenvalue weighted by molar-refractivity contribution is 5.83. The maximum absolute atomic E-state index is 13.6. The summed E-state index contributed by atoms with van der Waals surface area (Å²) in [6, 6.07) is 5.60. The lowest BCUT2D eigenvalue weighted by Crippen LogP contribution is -2.41. The summed E-state index contributed by atoms with van der Waals surface area (Å²) in [5.74, 6) is 0.681. The summed E-state index contributed by atoms with van der Waals surface area (Å²) in [4.78, 5) is 17.8. The van der Waals surface area contributed by atoms with Crippen LogP contribution >= 0.6 is 0 Å². The minimum Gasteiger partial charge on any atom is -0.466 e. The van der Waals surface area contributed by atoms with Crippen LogP contribution in [0.1, 0.15) is 24.8 Å². The van der Waals surface area contributed by atoms with Crippen LogP contribution in [0.25, 0.3) is 11.0 Å². The molecule has 2 aromatic rings. The average molecular weight is 415 g/mol. The first-order valence-electron chi connectivity index (χ1n) is 10.8. The van der Waals surface area contributed by atoms with Gasteiger partial charge >= 0.3 is 0 Å². The molecule has 0 saturated carbocycles. The summed E-state index contributed by atoms with van der Waals surface area (Å²) < 4.78 is 18.2.